The fourth-order valence-corrected chi connectivity index (χ4v) is 10.6. The zero-order valence-electron chi connectivity index (χ0n) is 24.6. The molecule has 0 radical (unpaired) electrons. The minimum atomic E-state index is 0.178. The fraction of sp³-hybridized carbons (Fsp3) is 1.00. The lowest BCUT2D eigenvalue weighted by molar-refractivity contribution is 0.282. The summed E-state index contributed by atoms with van der Waals surface area (Å²) in [5.74, 6) is 0. The van der Waals surface area contributed by atoms with Gasteiger partial charge in [-0.1, -0.05) is 77.0 Å². The molecule has 0 aromatic rings. The third kappa shape index (κ3) is 29.5. The van der Waals surface area contributed by atoms with E-state index in [1.165, 1.54) is 146 Å². The van der Waals surface area contributed by atoms with Crippen LogP contribution < -0.4 is 0 Å². The third-order valence-electron chi connectivity index (χ3n) is 7.48. The van der Waals surface area contributed by atoms with Crippen molar-refractivity contribution in [2.24, 2.45) is 0 Å². The molecule has 0 aliphatic carbocycles. The Morgan fingerprint density at radius 3 is 0.649 bits per heavy atom. The molecule has 0 aliphatic heterocycles. The molecule has 37 heavy (non-hydrogen) atoms. The Morgan fingerprint density at radius 2 is 0.405 bits per heavy atom. The van der Waals surface area contributed by atoms with Gasteiger partial charge in [0.25, 0.3) is 0 Å². The summed E-state index contributed by atoms with van der Waals surface area (Å²) in [6.45, 7) is 1.38. The Bertz CT molecular complexity index is 347. The van der Waals surface area contributed by atoms with Gasteiger partial charge in [0, 0.05) is 26.4 Å². The van der Waals surface area contributed by atoms with Gasteiger partial charge in [0.2, 0.25) is 0 Å². The highest BCUT2D eigenvalue weighted by Crippen LogP contribution is 2.43. The lowest BCUT2D eigenvalue weighted by Gasteiger charge is -2.22. The number of rotatable bonds is 32. The largest absolute Gasteiger partial charge is 0.396 e. The van der Waals surface area contributed by atoms with Crippen LogP contribution in [-0.2, 0) is 0 Å². The van der Waals surface area contributed by atoms with Crippen LogP contribution in [0.15, 0.2) is 0 Å². The molecule has 0 atom stereocenters. The average molecular weight is 565 g/mol. The lowest BCUT2D eigenvalue weighted by Crippen LogP contribution is -2.02. The first-order valence-electron chi connectivity index (χ1n) is 16.2. The molecule has 0 saturated heterocycles. The van der Waals surface area contributed by atoms with Gasteiger partial charge < -0.3 is 20.4 Å². The Balaban J connectivity index is 4.43. The number of aliphatic hydroxyl groups is 4. The summed E-state index contributed by atoms with van der Waals surface area (Å²) in [7, 11) is 0.356. The molecule has 0 amide bonds. The van der Waals surface area contributed by atoms with E-state index in [4.69, 9.17) is 20.4 Å². The second-order valence-electron chi connectivity index (χ2n) is 11.0. The van der Waals surface area contributed by atoms with Gasteiger partial charge >= 0.3 is 0 Å². The van der Waals surface area contributed by atoms with Crippen LogP contribution in [0.25, 0.3) is 0 Å². The maximum Gasteiger partial charge on any atom is 0.0431 e. The van der Waals surface area contributed by atoms with Crippen LogP contribution in [0.4, 0.5) is 0 Å². The molecule has 0 spiro atoms. The Morgan fingerprint density at radius 1 is 0.216 bits per heavy atom. The molecule has 0 heterocycles. The van der Waals surface area contributed by atoms with Crippen molar-refractivity contribution in [3.63, 3.8) is 0 Å². The molecule has 6 heteroatoms. The van der Waals surface area contributed by atoms with E-state index in [1.807, 2.05) is 0 Å². The quantitative estimate of drug-likeness (QED) is 0.0491. The number of unbranched alkanes of at least 4 members (excludes halogenated alkanes) is 16. The standard InChI is InChI=1S/C31H66O4P2/c32-22-13-5-1-9-17-26-36(27-18-10-2-6-14-23-33)30-21-31-37(28-19-11-3-7-15-24-34)29-20-12-4-8-16-25-35/h32-35H,1-31H2. The van der Waals surface area contributed by atoms with E-state index in [2.05, 4.69) is 0 Å². The maximum absolute atomic E-state index is 9.00. The fourth-order valence-electron chi connectivity index (χ4n) is 5.10. The van der Waals surface area contributed by atoms with Crippen molar-refractivity contribution < 1.29 is 20.4 Å². The van der Waals surface area contributed by atoms with E-state index in [1.54, 1.807) is 0 Å². The van der Waals surface area contributed by atoms with Gasteiger partial charge in [-0.05, 0) is 94.8 Å². The van der Waals surface area contributed by atoms with Gasteiger partial charge in [0.1, 0.15) is 0 Å². The first-order valence-corrected chi connectivity index (χ1v) is 20.0. The molecular formula is C31H66O4P2. The first-order chi connectivity index (χ1) is 18.3. The highest BCUT2D eigenvalue weighted by molar-refractivity contribution is 7.58. The maximum atomic E-state index is 9.00. The zero-order valence-corrected chi connectivity index (χ0v) is 26.4. The molecule has 224 valence electrons. The van der Waals surface area contributed by atoms with Crippen molar-refractivity contribution in [1.82, 2.24) is 0 Å². The Hall–Kier alpha value is 0.700. The summed E-state index contributed by atoms with van der Waals surface area (Å²) in [5.41, 5.74) is 0. The van der Waals surface area contributed by atoms with Crippen LogP contribution in [0.5, 0.6) is 0 Å². The molecule has 0 fully saturated rings. The molecule has 4 N–H and O–H groups in total. The van der Waals surface area contributed by atoms with Gasteiger partial charge in [0.15, 0.2) is 0 Å². The topological polar surface area (TPSA) is 80.9 Å². The minimum absolute atomic E-state index is 0.178. The van der Waals surface area contributed by atoms with Crippen molar-refractivity contribution in [2.75, 3.05) is 63.4 Å². The molecule has 0 unspecified atom stereocenters. The van der Waals surface area contributed by atoms with Crippen molar-refractivity contribution in [2.45, 2.75) is 135 Å². The normalized spacial score (nSPS) is 11.8. The van der Waals surface area contributed by atoms with Crippen LogP contribution in [-0.4, -0.2) is 83.8 Å². The molecule has 0 aromatic carbocycles. The SMILES string of the molecule is OCCCCCCCP(CCCCCCCO)CCCP(CCCCCCCO)CCCCCCCO. The number of hydrogen-bond acceptors (Lipinski definition) is 4. The van der Waals surface area contributed by atoms with E-state index in [0.717, 1.165) is 25.7 Å². The predicted molar refractivity (Wildman–Crippen MR) is 168 cm³/mol. The van der Waals surface area contributed by atoms with Crippen LogP contribution in [0.2, 0.25) is 0 Å². The monoisotopic (exact) mass is 564 g/mol. The van der Waals surface area contributed by atoms with Gasteiger partial charge in [-0.2, -0.15) is 0 Å². The number of aliphatic hydroxyl groups excluding tert-OH is 4. The predicted octanol–water partition coefficient (Wildman–Crippen LogP) is 8.11. The summed E-state index contributed by atoms with van der Waals surface area (Å²) < 4.78 is 0. The first kappa shape index (κ1) is 37.7. The molecule has 4 nitrogen and oxygen atoms in total. The highest BCUT2D eigenvalue weighted by Gasteiger charge is 2.12. The molecule has 0 saturated carbocycles. The number of hydrogen-bond donors (Lipinski definition) is 4. The Labute approximate surface area is 234 Å². The van der Waals surface area contributed by atoms with Crippen molar-refractivity contribution in [1.29, 1.82) is 0 Å². The summed E-state index contributed by atoms with van der Waals surface area (Å²) >= 11 is 0. The molecular weight excluding hydrogens is 498 g/mol. The second-order valence-corrected chi connectivity index (χ2v) is 16.4. The van der Waals surface area contributed by atoms with E-state index in [0.29, 0.717) is 26.4 Å². The third-order valence-corrected chi connectivity index (χ3v) is 13.2. The summed E-state index contributed by atoms with van der Waals surface area (Å²) in [4.78, 5) is 0. The smallest absolute Gasteiger partial charge is 0.0431 e. The van der Waals surface area contributed by atoms with Gasteiger partial charge in [-0.25, -0.2) is 0 Å². The summed E-state index contributed by atoms with van der Waals surface area (Å²) in [6.07, 6.45) is 34.9. The molecule has 0 bridgehead atoms. The Kier molecular flexibility index (Phi) is 33.5. The summed E-state index contributed by atoms with van der Waals surface area (Å²) in [6, 6.07) is 0. The van der Waals surface area contributed by atoms with E-state index < -0.39 is 0 Å². The van der Waals surface area contributed by atoms with E-state index in [9.17, 15) is 0 Å². The van der Waals surface area contributed by atoms with E-state index in [-0.39, 0.29) is 15.8 Å². The van der Waals surface area contributed by atoms with Crippen molar-refractivity contribution >= 4 is 15.8 Å². The van der Waals surface area contributed by atoms with Crippen molar-refractivity contribution in [3.8, 4) is 0 Å². The van der Waals surface area contributed by atoms with E-state index >= 15 is 0 Å². The lowest BCUT2D eigenvalue weighted by atomic mass is 10.2. The minimum Gasteiger partial charge on any atom is -0.396 e. The summed E-state index contributed by atoms with van der Waals surface area (Å²) in [5, 5.41) is 36.0. The molecule has 0 aromatic heterocycles. The molecule has 0 rings (SSSR count). The van der Waals surface area contributed by atoms with Gasteiger partial charge in [-0.15, -0.1) is 15.8 Å². The average Bonchev–Trinajstić information content (AvgIpc) is 2.91. The van der Waals surface area contributed by atoms with Crippen LogP contribution >= 0.6 is 15.8 Å². The van der Waals surface area contributed by atoms with Gasteiger partial charge in [-0.3, -0.25) is 0 Å². The highest BCUT2D eigenvalue weighted by atomic mass is 31.1. The van der Waals surface area contributed by atoms with Crippen LogP contribution in [0, 0.1) is 0 Å². The van der Waals surface area contributed by atoms with Crippen molar-refractivity contribution in [3.05, 3.63) is 0 Å². The second kappa shape index (κ2) is 32.9. The zero-order chi connectivity index (χ0) is 27.1. The van der Waals surface area contributed by atoms with Crippen LogP contribution in [0.1, 0.15) is 135 Å². The molecule has 0 aliphatic rings. The van der Waals surface area contributed by atoms with Crippen LogP contribution in [0.3, 0.4) is 0 Å². The van der Waals surface area contributed by atoms with Gasteiger partial charge in [0.05, 0.1) is 0 Å².